The van der Waals surface area contributed by atoms with Crippen LogP contribution in [0.1, 0.15) is 16.7 Å². The smallest absolute Gasteiger partial charge is 0.118 e. The van der Waals surface area contributed by atoms with Gasteiger partial charge in [0.05, 0.1) is 24.7 Å². The summed E-state index contributed by atoms with van der Waals surface area (Å²) in [5, 5.41) is 8.33. The van der Waals surface area contributed by atoms with Gasteiger partial charge < -0.3 is 4.74 Å². The van der Waals surface area contributed by atoms with Crippen LogP contribution < -0.4 is 4.74 Å². The van der Waals surface area contributed by atoms with Gasteiger partial charge in [0, 0.05) is 5.56 Å². The largest absolute Gasteiger partial charge is 0.497 e. The number of benzene rings is 2. The molecule has 0 N–H and O–H groups in total. The summed E-state index contributed by atoms with van der Waals surface area (Å²) in [5.41, 5.74) is 6.88. The first kappa shape index (κ1) is 14.3. The van der Waals surface area contributed by atoms with Gasteiger partial charge in [-0.1, -0.05) is 5.21 Å². The molecule has 2 aromatic carbocycles. The first-order valence-electron chi connectivity index (χ1n) is 7.23. The van der Waals surface area contributed by atoms with Crippen LogP contribution in [-0.2, 0) is 0 Å². The van der Waals surface area contributed by atoms with Crippen LogP contribution in [0, 0.1) is 20.8 Å². The standard InChI is InChI=1S/C18H19N3O/c1-12-9-16(10-13(2)14(12)3)21-18(11-19-20-21)15-5-7-17(22-4)8-6-15/h5-11H,1-4H3. The summed E-state index contributed by atoms with van der Waals surface area (Å²) >= 11 is 0. The molecule has 0 saturated carbocycles. The second kappa shape index (κ2) is 5.64. The predicted octanol–water partition coefficient (Wildman–Crippen LogP) is 3.87. The highest BCUT2D eigenvalue weighted by Crippen LogP contribution is 2.25. The zero-order chi connectivity index (χ0) is 15.7. The van der Waals surface area contributed by atoms with Gasteiger partial charge in [-0.05, 0) is 73.9 Å². The van der Waals surface area contributed by atoms with Crippen LogP contribution in [0.4, 0.5) is 0 Å². The van der Waals surface area contributed by atoms with Crippen LogP contribution in [0.5, 0.6) is 5.75 Å². The van der Waals surface area contributed by atoms with Gasteiger partial charge in [0.25, 0.3) is 0 Å². The van der Waals surface area contributed by atoms with Gasteiger partial charge >= 0.3 is 0 Å². The van der Waals surface area contributed by atoms with E-state index in [9.17, 15) is 0 Å². The number of aromatic nitrogens is 3. The fourth-order valence-electron chi connectivity index (χ4n) is 2.52. The molecule has 0 aliphatic heterocycles. The Morgan fingerprint density at radius 3 is 2.18 bits per heavy atom. The average molecular weight is 293 g/mol. The minimum absolute atomic E-state index is 0.838. The van der Waals surface area contributed by atoms with Crippen LogP contribution in [0.25, 0.3) is 16.9 Å². The minimum atomic E-state index is 0.838. The van der Waals surface area contributed by atoms with E-state index in [-0.39, 0.29) is 0 Å². The van der Waals surface area contributed by atoms with Crippen molar-refractivity contribution in [3.8, 4) is 22.7 Å². The molecule has 0 bridgehead atoms. The van der Waals surface area contributed by atoms with Gasteiger partial charge in [0.1, 0.15) is 5.75 Å². The van der Waals surface area contributed by atoms with Crippen LogP contribution in [-0.4, -0.2) is 22.1 Å². The molecule has 0 aliphatic rings. The fourth-order valence-corrected chi connectivity index (χ4v) is 2.52. The molecule has 0 saturated heterocycles. The van der Waals surface area contributed by atoms with Crippen molar-refractivity contribution in [1.29, 1.82) is 0 Å². The molecule has 0 atom stereocenters. The maximum Gasteiger partial charge on any atom is 0.118 e. The normalized spacial score (nSPS) is 10.7. The molecular formula is C18H19N3O. The molecule has 0 amide bonds. The second-order valence-corrected chi connectivity index (χ2v) is 5.46. The Morgan fingerprint density at radius 2 is 1.59 bits per heavy atom. The van der Waals surface area contributed by atoms with Crippen molar-refractivity contribution < 1.29 is 4.74 Å². The molecule has 1 aromatic heterocycles. The highest BCUT2D eigenvalue weighted by molar-refractivity contribution is 5.62. The van der Waals surface area contributed by atoms with Crippen molar-refractivity contribution in [1.82, 2.24) is 15.0 Å². The monoisotopic (exact) mass is 293 g/mol. The summed E-state index contributed by atoms with van der Waals surface area (Å²) in [6.45, 7) is 6.38. The zero-order valence-corrected chi connectivity index (χ0v) is 13.3. The van der Waals surface area contributed by atoms with Crippen molar-refractivity contribution in [3.63, 3.8) is 0 Å². The van der Waals surface area contributed by atoms with E-state index in [0.29, 0.717) is 0 Å². The van der Waals surface area contributed by atoms with Gasteiger partial charge in [-0.15, -0.1) is 5.10 Å². The van der Waals surface area contributed by atoms with Crippen molar-refractivity contribution in [3.05, 3.63) is 59.3 Å². The van der Waals surface area contributed by atoms with Gasteiger partial charge in [0.15, 0.2) is 0 Å². The lowest BCUT2D eigenvalue weighted by Gasteiger charge is -2.11. The molecule has 3 aromatic rings. The van der Waals surface area contributed by atoms with Crippen molar-refractivity contribution in [2.24, 2.45) is 0 Å². The Balaban J connectivity index is 2.08. The van der Waals surface area contributed by atoms with Gasteiger partial charge in [-0.25, -0.2) is 4.68 Å². The molecule has 3 rings (SSSR count). The molecule has 4 heteroatoms. The number of hydrogen-bond donors (Lipinski definition) is 0. The van der Waals surface area contributed by atoms with Crippen LogP contribution in [0.2, 0.25) is 0 Å². The summed E-state index contributed by atoms with van der Waals surface area (Å²) in [6.07, 6.45) is 1.78. The summed E-state index contributed by atoms with van der Waals surface area (Å²) in [7, 11) is 1.67. The van der Waals surface area contributed by atoms with E-state index in [4.69, 9.17) is 4.74 Å². The summed E-state index contributed by atoms with van der Waals surface area (Å²) in [4.78, 5) is 0. The van der Waals surface area contributed by atoms with Crippen molar-refractivity contribution in [2.45, 2.75) is 20.8 Å². The number of ether oxygens (including phenoxy) is 1. The number of aryl methyl sites for hydroxylation is 2. The first-order valence-corrected chi connectivity index (χ1v) is 7.23. The fraction of sp³-hybridized carbons (Fsp3) is 0.222. The molecule has 4 nitrogen and oxygen atoms in total. The molecule has 22 heavy (non-hydrogen) atoms. The number of methoxy groups -OCH3 is 1. The third-order valence-corrected chi connectivity index (χ3v) is 4.09. The third kappa shape index (κ3) is 2.48. The van der Waals surface area contributed by atoms with E-state index >= 15 is 0 Å². The zero-order valence-electron chi connectivity index (χ0n) is 13.3. The number of nitrogens with zero attached hydrogens (tertiary/aromatic N) is 3. The highest BCUT2D eigenvalue weighted by atomic mass is 16.5. The molecule has 112 valence electrons. The lowest BCUT2D eigenvalue weighted by molar-refractivity contribution is 0.415. The van der Waals surface area contributed by atoms with Gasteiger partial charge in [-0.3, -0.25) is 0 Å². The molecule has 0 unspecified atom stereocenters. The van der Waals surface area contributed by atoms with Gasteiger partial charge in [0.2, 0.25) is 0 Å². The lowest BCUT2D eigenvalue weighted by Crippen LogP contribution is -2.01. The summed E-state index contributed by atoms with van der Waals surface area (Å²) in [6, 6.07) is 12.2. The Morgan fingerprint density at radius 1 is 0.955 bits per heavy atom. The maximum absolute atomic E-state index is 5.21. The Bertz CT molecular complexity index is 780. The van der Waals surface area contributed by atoms with Crippen LogP contribution >= 0.6 is 0 Å². The highest BCUT2D eigenvalue weighted by Gasteiger charge is 2.11. The van der Waals surface area contributed by atoms with E-state index in [1.807, 2.05) is 28.9 Å². The van der Waals surface area contributed by atoms with E-state index in [1.165, 1.54) is 16.7 Å². The summed E-state index contributed by atoms with van der Waals surface area (Å²) in [5.74, 6) is 0.838. The molecule has 0 aliphatic carbocycles. The molecular weight excluding hydrogens is 274 g/mol. The van der Waals surface area contributed by atoms with Crippen LogP contribution in [0.3, 0.4) is 0 Å². The Hall–Kier alpha value is -2.62. The quantitative estimate of drug-likeness (QED) is 0.736. The lowest BCUT2D eigenvalue weighted by atomic mass is 10.0. The third-order valence-electron chi connectivity index (χ3n) is 4.09. The SMILES string of the molecule is COc1ccc(-c2cnnn2-c2cc(C)c(C)c(C)c2)cc1. The first-order chi connectivity index (χ1) is 10.6. The molecule has 0 spiro atoms. The Labute approximate surface area is 130 Å². The Kier molecular flexibility index (Phi) is 3.67. The number of hydrogen-bond acceptors (Lipinski definition) is 3. The molecule has 1 heterocycles. The summed E-state index contributed by atoms with van der Waals surface area (Å²) < 4.78 is 7.08. The minimum Gasteiger partial charge on any atom is -0.497 e. The van der Waals surface area contributed by atoms with E-state index in [0.717, 1.165) is 22.7 Å². The second-order valence-electron chi connectivity index (χ2n) is 5.46. The molecule has 0 radical (unpaired) electrons. The van der Waals surface area contributed by atoms with Crippen molar-refractivity contribution in [2.75, 3.05) is 7.11 Å². The van der Waals surface area contributed by atoms with Crippen molar-refractivity contribution >= 4 is 0 Å². The topological polar surface area (TPSA) is 39.9 Å². The molecule has 0 fully saturated rings. The van der Waals surface area contributed by atoms with E-state index < -0.39 is 0 Å². The van der Waals surface area contributed by atoms with Crippen LogP contribution in [0.15, 0.2) is 42.6 Å². The maximum atomic E-state index is 5.21. The average Bonchev–Trinajstić information content (AvgIpc) is 3.01. The van der Waals surface area contributed by atoms with E-state index in [2.05, 4.69) is 43.2 Å². The number of rotatable bonds is 3. The van der Waals surface area contributed by atoms with Gasteiger partial charge in [-0.2, -0.15) is 0 Å². The predicted molar refractivity (Wildman–Crippen MR) is 87.6 cm³/mol. The van der Waals surface area contributed by atoms with E-state index in [1.54, 1.807) is 13.3 Å².